The quantitative estimate of drug-likeness (QED) is 0.372. The molecule has 1 heterocycles. The summed E-state index contributed by atoms with van der Waals surface area (Å²) in [7, 11) is 0. The molecule has 146 valence electrons. The van der Waals surface area contributed by atoms with Crippen molar-refractivity contribution in [3.63, 3.8) is 0 Å². The highest BCUT2D eigenvalue weighted by Crippen LogP contribution is 2.31. The number of halogens is 1. The summed E-state index contributed by atoms with van der Waals surface area (Å²) in [4.78, 5) is 20.1. The van der Waals surface area contributed by atoms with Gasteiger partial charge in [-0.05, 0) is 53.6 Å². The molecule has 0 radical (unpaired) electrons. The molecule has 0 N–H and O–H groups in total. The molecule has 0 unspecified atom stereocenters. The van der Waals surface area contributed by atoms with E-state index in [1.54, 1.807) is 42.6 Å². The number of rotatable bonds is 6. The summed E-state index contributed by atoms with van der Waals surface area (Å²) in [5.41, 5.74) is 2.95. The lowest BCUT2D eigenvalue weighted by Crippen LogP contribution is -2.06. The molecule has 0 aliphatic heterocycles. The van der Waals surface area contributed by atoms with Crippen molar-refractivity contribution in [3.05, 3.63) is 107 Å². The largest absolute Gasteiger partial charge is 0.457 e. The van der Waals surface area contributed by atoms with E-state index in [-0.39, 0.29) is 18.0 Å². The molecule has 0 saturated carbocycles. The average molecular weight is 396 g/mol. The summed E-state index contributed by atoms with van der Waals surface area (Å²) < 4.78 is 19.0. The van der Waals surface area contributed by atoms with Crippen LogP contribution in [0, 0.1) is 12.4 Å². The second-order valence-electron chi connectivity index (χ2n) is 6.89. The molecular formula is C25H17FN2O2. The summed E-state index contributed by atoms with van der Waals surface area (Å²) >= 11 is 0. The topological polar surface area (TPSA) is 43.5 Å². The van der Waals surface area contributed by atoms with E-state index in [0.29, 0.717) is 23.6 Å². The molecule has 4 rings (SSSR count). The van der Waals surface area contributed by atoms with Crippen LogP contribution in [0.15, 0.2) is 79.0 Å². The minimum atomic E-state index is -0.311. The van der Waals surface area contributed by atoms with Crippen molar-refractivity contribution < 1.29 is 13.9 Å². The Labute approximate surface area is 173 Å². The van der Waals surface area contributed by atoms with Crippen molar-refractivity contribution in [1.82, 2.24) is 4.98 Å². The van der Waals surface area contributed by atoms with E-state index >= 15 is 0 Å². The molecule has 1 aromatic heterocycles. The van der Waals surface area contributed by atoms with Gasteiger partial charge in [-0.3, -0.25) is 9.78 Å². The van der Waals surface area contributed by atoms with E-state index in [4.69, 9.17) is 11.3 Å². The summed E-state index contributed by atoms with van der Waals surface area (Å²) in [5, 5.41) is 0.768. The van der Waals surface area contributed by atoms with Crippen LogP contribution in [0.5, 0.6) is 11.5 Å². The van der Waals surface area contributed by atoms with E-state index < -0.39 is 0 Å². The zero-order valence-electron chi connectivity index (χ0n) is 16.0. The third kappa shape index (κ3) is 4.50. The first-order chi connectivity index (χ1) is 14.6. The van der Waals surface area contributed by atoms with Gasteiger partial charge in [-0.1, -0.05) is 30.3 Å². The Bertz CT molecular complexity index is 1240. The van der Waals surface area contributed by atoms with Gasteiger partial charge in [0.25, 0.3) is 0 Å². The minimum Gasteiger partial charge on any atom is -0.457 e. The second-order valence-corrected chi connectivity index (χ2v) is 6.89. The number of carbonyl (C=O) groups excluding carboxylic acids is 1. The number of hydrogen-bond acceptors (Lipinski definition) is 3. The third-order valence-corrected chi connectivity index (χ3v) is 4.68. The number of Topliss-reactive ketones (excluding diaryl/α,β-unsaturated/α-hetero) is 1. The van der Waals surface area contributed by atoms with E-state index in [1.807, 2.05) is 24.3 Å². The molecule has 4 aromatic rings. The third-order valence-electron chi connectivity index (χ3n) is 4.68. The predicted molar refractivity (Wildman–Crippen MR) is 113 cm³/mol. The first kappa shape index (κ1) is 19.3. The molecule has 5 heteroatoms. The van der Waals surface area contributed by atoms with Gasteiger partial charge in [0.1, 0.15) is 23.1 Å². The van der Waals surface area contributed by atoms with Gasteiger partial charge in [-0.25, -0.2) is 9.24 Å². The molecular weight excluding hydrogens is 379 g/mol. The Balaban J connectivity index is 1.45. The Morgan fingerprint density at radius 3 is 2.27 bits per heavy atom. The van der Waals surface area contributed by atoms with Crippen LogP contribution in [-0.2, 0) is 17.6 Å². The van der Waals surface area contributed by atoms with Gasteiger partial charge in [0.05, 0.1) is 12.1 Å². The molecule has 30 heavy (non-hydrogen) atoms. The highest BCUT2D eigenvalue weighted by atomic mass is 19.1. The van der Waals surface area contributed by atoms with Crippen LogP contribution in [0.2, 0.25) is 0 Å². The number of benzene rings is 3. The molecule has 0 saturated heterocycles. The highest BCUT2D eigenvalue weighted by Gasteiger charge is 2.08. The fourth-order valence-electron chi connectivity index (χ4n) is 3.19. The van der Waals surface area contributed by atoms with E-state index in [9.17, 15) is 9.18 Å². The van der Waals surface area contributed by atoms with Crippen molar-refractivity contribution in [1.29, 1.82) is 0 Å². The fraction of sp³-hybridized carbons (Fsp3) is 0.0800. The Kier molecular flexibility index (Phi) is 5.49. The van der Waals surface area contributed by atoms with Crippen LogP contribution >= 0.6 is 0 Å². The van der Waals surface area contributed by atoms with Crippen molar-refractivity contribution >= 4 is 22.4 Å². The normalized spacial score (nSPS) is 10.5. The summed E-state index contributed by atoms with van der Waals surface area (Å²) in [5.74, 6) is 0.993. The second kappa shape index (κ2) is 8.54. The molecule has 0 aliphatic carbocycles. The molecule has 0 aliphatic rings. The lowest BCUT2D eigenvalue weighted by molar-refractivity contribution is -0.117. The lowest BCUT2D eigenvalue weighted by atomic mass is 10.0. The van der Waals surface area contributed by atoms with Crippen LogP contribution in [0.1, 0.15) is 11.1 Å². The van der Waals surface area contributed by atoms with Gasteiger partial charge in [-0.15, -0.1) is 0 Å². The first-order valence-electron chi connectivity index (χ1n) is 9.40. The molecule has 4 nitrogen and oxygen atoms in total. The van der Waals surface area contributed by atoms with Crippen molar-refractivity contribution in [2.24, 2.45) is 0 Å². The summed E-state index contributed by atoms with van der Waals surface area (Å²) in [6.07, 6.45) is 2.23. The zero-order valence-corrected chi connectivity index (χ0v) is 16.0. The maximum absolute atomic E-state index is 13.0. The van der Waals surface area contributed by atoms with E-state index in [1.165, 1.54) is 12.1 Å². The summed E-state index contributed by atoms with van der Waals surface area (Å²) in [6, 6.07) is 20.3. The van der Waals surface area contributed by atoms with Crippen LogP contribution in [-0.4, -0.2) is 10.8 Å². The van der Waals surface area contributed by atoms with Crippen LogP contribution in [0.3, 0.4) is 0 Å². The van der Waals surface area contributed by atoms with Crippen LogP contribution in [0.4, 0.5) is 10.1 Å². The minimum absolute atomic E-state index is 0.0575. The van der Waals surface area contributed by atoms with Gasteiger partial charge < -0.3 is 4.74 Å². The Morgan fingerprint density at radius 1 is 0.933 bits per heavy atom. The van der Waals surface area contributed by atoms with Gasteiger partial charge in [0.15, 0.2) is 5.69 Å². The van der Waals surface area contributed by atoms with E-state index in [2.05, 4.69) is 9.83 Å². The number of aromatic nitrogens is 1. The van der Waals surface area contributed by atoms with Crippen molar-refractivity contribution in [2.75, 3.05) is 0 Å². The standard InChI is InChI=1S/C25H17FN2O2/c1-27-20-8-11-24-23(16-20)25(12-13-28-24)30-22-9-4-18(5-10-22)15-21(29)14-17-2-6-19(26)7-3-17/h2-13,16H,14-15H2. The molecule has 0 fully saturated rings. The first-order valence-corrected chi connectivity index (χ1v) is 9.40. The summed E-state index contributed by atoms with van der Waals surface area (Å²) in [6.45, 7) is 7.19. The average Bonchev–Trinajstić information content (AvgIpc) is 2.76. The number of carbonyl (C=O) groups is 1. The van der Waals surface area contributed by atoms with Gasteiger partial charge in [0.2, 0.25) is 0 Å². The van der Waals surface area contributed by atoms with Gasteiger partial charge >= 0.3 is 0 Å². The van der Waals surface area contributed by atoms with Crippen LogP contribution in [0.25, 0.3) is 15.7 Å². The van der Waals surface area contributed by atoms with Gasteiger partial charge in [0, 0.05) is 24.4 Å². The smallest absolute Gasteiger partial charge is 0.188 e. The Hall–Kier alpha value is -4.04. The Morgan fingerprint density at radius 2 is 1.60 bits per heavy atom. The highest BCUT2D eigenvalue weighted by molar-refractivity contribution is 5.88. The SMILES string of the molecule is [C-]#[N+]c1ccc2nccc(Oc3ccc(CC(=O)Cc4ccc(F)cc4)cc3)c2c1. The molecule has 0 amide bonds. The zero-order chi connectivity index (χ0) is 20.9. The molecule has 0 bridgehead atoms. The van der Waals surface area contributed by atoms with Crippen molar-refractivity contribution in [2.45, 2.75) is 12.8 Å². The molecule has 0 spiro atoms. The molecule has 3 aromatic carbocycles. The number of pyridine rings is 1. The number of ether oxygens (including phenoxy) is 1. The maximum Gasteiger partial charge on any atom is 0.188 e. The number of fused-ring (bicyclic) bond motifs is 1. The maximum atomic E-state index is 13.0. The van der Waals surface area contributed by atoms with Crippen molar-refractivity contribution in [3.8, 4) is 11.5 Å². The molecule has 0 atom stereocenters. The van der Waals surface area contributed by atoms with Gasteiger partial charge in [-0.2, -0.15) is 0 Å². The lowest BCUT2D eigenvalue weighted by Gasteiger charge is -2.10. The predicted octanol–water partition coefficient (Wildman–Crippen LogP) is 6.07. The number of nitrogens with zero attached hydrogens (tertiary/aromatic N) is 2. The fourth-order valence-corrected chi connectivity index (χ4v) is 3.19. The van der Waals surface area contributed by atoms with E-state index in [0.717, 1.165) is 22.0 Å². The monoisotopic (exact) mass is 396 g/mol. The van der Waals surface area contributed by atoms with Crippen LogP contribution < -0.4 is 4.74 Å². The number of hydrogen-bond donors (Lipinski definition) is 0. The number of ketones is 1.